The fourth-order valence-corrected chi connectivity index (χ4v) is 4.00. The number of hydrogen-bond acceptors (Lipinski definition) is 5. The molecule has 0 bridgehead atoms. The number of rotatable bonds is 5. The van der Waals surface area contributed by atoms with Gasteiger partial charge in [0.15, 0.2) is 5.84 Å². The third-order valence-corrected chi connectivity index (χ3v) is 5.74. The third-order valence-electron chi connectivity index (χ3n) is 5.74. The molecule has 1 saturated carbocycles. The largest absolute Gasteiger partial charge is 0.493 e. The Bertz CT molecular complexity index is 892. The number of nitrogens with two attached hydrogens (primary N) is 1. The number of hydrogen-bond donors (Lipinski definition) is 3. The Labute approximate surface area is 164 Å². The van der Waals surface area contributed by atoms with E-state index < -0.39 is 11.9 Å². The van der Waals surface area contributed by atoms with Crippen molar-refractivity contribution in [3.63, 3.8) is 0 Å². The Morgan fingerprint density at radius 2 is 1.96 bits per heavy atom. The number of amidine groups is 1. The molecule has 3 aliphatic rings. The van der Waals surface area contributed by atoms with Crippen molar-refractivity contribution in [2.75, 3.05) is 6.61 Å². The summed E-state index contributed by atoms with van der Waals surface area (Å²) in [4.78, 5) is 20.3. The van der Waals surface area contributed by atoms with Crippen LogP contribution in [0.1, 0.15) is 50.6 Å². The van der Waals surface area contributed by atoms with Gasteiger partial charge in [0.1, 0.15) is 5.75 Å². The van der Waals surface area contributed by atoms with E-state index in [4.69, 9.17) is 15.9 Å². The molecule has 1 unspecified atom stereocenters. The zero-order valence-corrected chi connectivity index (χ0v) is 16.0. The van der Waals surface area contributed by atoms with Gasteiger partial charge in [-0.3, -0.25) is 15.5 Å². The number of nitrogens with zero attached hydrogens (tertiary/aromatic N) is 2. The Balaban J connectivity index is 1.47. The summed E-state index contributed by atoms with van der Waals surface area (Å²) in [6.07, 6.45) is 7.89. The highest BCUT2D eigenvalue weighted by Gasteiger charge is 2.32. The van der Waals surface area contributed by atoms with Crippen LogP contribution in [-0.2, 0) is 4.79 Å². The summed E-state index contributed by atoms with van der Waals surface area (Å²) < 4.78 is 6.04. The zero-order valence-electron chi connectivity index (χ0n) is 16.0. The summed E-state index contributed by atoms with van der Waals surface area (Å²) in [6, 6.07) is 7.18. The van der Waals surface area contributed by atoms with E-state index >= 15 is 0 Å². The first-order valence-corrected chi connectivity index (χ1v) is 9.71. The number of aliphatic imine (C=N–C) groups is 2. The van der Waals surface area contributed by atoms with Gasteiger partial charge in [-0.25, -0.2) is 4.99 Å². The van der Waals surface area contributed by atoms with Crippen LogP contribution in [0.3, 0.4) is 0 Å². The first-order valence-electron chi connectivity index (χ1n) is 9.71. The molecular weight excluding hydrogens is 354 g/mol. The van der Waals surface area contributed by atoms with Crippen LogP contribution < -0.4 is 15.8 Å². The van der Waals surface area contributed by atoms with E-state index in [2.05, 4.69) is 22.2 Å². The quantitative estimate of drug-likeness (QED) is 0.731. The lowest BCUT2D eigenvalue weighted by atomic mass is 9.76. The van der Waals surface area contributed by atoms with Crippen molar-refractivity contribution < 1.29 is 9.53 Å². The van der Waals surface area contributed by atoms with E-state index in [9.17, 15) is 4.79 Å². The molecule has 2 aliphatic heterocycles. The minimum absolute atomic E-state index is 0.205. The van der Waals surface area contributed by atoms with Crippen LogP contribution in [0.5, 0.6) is 5.75 Å². The summed E-state index contributed by atoms with van der Waals surface area (Å²) in [7, 11) is 0. The predicted molar refractivity (Wildman–Crippen MR) is 109 cm³/mol. The van der Waals surface area contributed by atoms with Crippen molar-refractivity contribution in [2.24, 2.45) is 21.1 Å². The van der Waals surface area contributed by atoms with Crippen molar-refractivity contribution in [3.05, 3.63) is 41.0 Å². The molecule has 7 nitrogen and oxygen atoms in total. The lowest BCUT2D eigenvalue weighted by molar-refractivity contribution is -0.115. The number of nitrogens with one attached hydrogen (secondary N) is 2. The van der Waals surface area contributed by atoms with Crippen LogP contribution in [0.15, 0.2) is 45.4 Å². The maximum absolute atomic E-state index is 12.2. The van der Waals surface area contributed by atoms with E-state index in [1.807, 2.05) is 24.3 Å². The molecule has 4 N–H and O–H groups in total. The molecular formula is C21H25N5O2. The van der Waals surface area contributed by atoms with Crippen molar-refractivity contribution in [1.82, 2.24) is 5.32 Å². The molecule has 1 atom stereocenters. The Morgan fingerprint density at radius 1 is 1.25 bits per heavy atom. The van der Waals surface area contributed by atoms with Crippen molar-refractivity contribution >= 4 is 23.9 Å². The number of guanidine groups is 1. The van der Waals surface area contributed by atoms with E-state index in [1.54, 1.807) is 6.21 Å². The molecule has 1 amide bonds. The van der Waals surface area contributed by atoms with Crippen molar-refractivity contribution in [3.8, 4) is 5.75 Å². The third kappa shape index (κ3) is 3.62. The zero-order chi connectivity index (χ0) is 19.7. The van der Waals surface area contributed by atoms with E-state index in [0.29, 0.717) is 11.1 Å². The van der Waals surface area contributed by atoms with E-state index in [-0.39, 0.29) is 17.2 Å². The van der Waals surface area contributed by atoms with Crippen molar-refractivity contribution in [1.29, 1.82) is 5.41 Å². The minimum atomic E-state index is -0.505. The fourth-order valence-electron chi connectivity index (χ4n) is 4.00. The molecule has 2 heterocycles. The topological polar surface area (TPSA) is 113 Å². The van der Waals surface area contributed by atoms with Gasteiger partial charge in [-0.15, -0.1) is 0 Å². The first-order chi connectivity index (χ1) is 13.5. The number of carbonyl (C=O) groups is 1. The predicted octanol–water partition coefficient (Wildman–Crippen LogP) is 2.88. The normalized spacial score (nSPS) is 21.9. The molecule has 0 aromatic heterocycles. The molecule has 0 radical (unpaired) electrons. The Hall–Kier alpha value is -2.80. The SMILES string of the molecule is CC1(COc2ccc(C(N)C3=C4C(=O)NC(=N)N=C4N=C3)cc2)CCCCC1. The van der Waals surface area contributed by atoms with Crippen LogP contribution in [0.25, 0.3) is 0 Å². The number of carbonyl (C=O) groups excluding carboxylic acids is 1. The highest BCUT2D eigenvalue weighted by atomic mass is 16.5. The van der Waals surface area contributed by atoms with Gasteiger partial charge in [0.25, 0.3) is 5.91 Å². The average Bonchev–Trinajstić information content (AvgIpc) is 3.11. The lowest BCUT2D eigenvalue weighted by Gasteiger charge is -2.33. The average molecular weight is 379 g/mol. The van der Waals surface area contributed by atoms with Crippen LogP contribution >= 0.6 is 0 Å². The molecule has 146 valence electrons. The second-order valence-corrected chi connectivity index (χ2v) is 8.03. The summed E-state index contributed by atoms with van der Waals surface area (Å²) in [5, 5.41) is 9.89. The van der Waals surface area contributed by atoms with Crippen molar-refractivity contribution in [2.45, 2.75) is 45.1 Å². The van der Waals surface area contributed by atoms with Crippen LogP contribution in [0, 0.1) is 10.8 Å². The van der Waals surface area contributed by atoms with Gasteiger partial charge in [-0.1, -0.05) is 38.3 Å². The second kappa shape index (κ2) is 7.31. The highest BCUT2D eigenvalue weighted by Crippen LogP contribution is 2.36. The number of benzene rings is 1. The summed E-state index contributed by atoms with van der Waals surface area (Å²) in [5.41, 5.74) is 8.46. The first kappa shape index (κ1) is 18.6. The number of fused-ring (bicyclic) bond motifs is 1. The molecule has 7 heteroatoms. The van der Waals surface area contributed by atoms with Crippen LogP contribution in [0.2, 0.25) is 0 Å². The number of ether oxygens (including phenoxy) is 1. The van der Waals surface area contributed by atoms with Gasteiger partial charge in [0, 0.05) is 17.2 Å². The standard InChI is InChI=1S/C21H25N5O2/c1-21(9-3-2-4-10-21)12-28-14-7-5-13(6-8-14)17(22)15-11-24-18-16(15)19(27)26-20(23)25-18/h5-8,11,17H,2-4,9-10,12,22H2,1H3,(H2,23,26,27). The lowest BCUT2D eigenvalue weighted by Crippen LogP contribution is -2.37. The summed E-state index contributed by atoms with van der Waals surface area (Å²) in [6.45, 7) is 3.03. The molecule has 1 aliphatic carbocycles. The van der Waals surface area contributed by atoms with Gasteiger partial charge in [-0.05, 0) is 30.5 Å². The van der Waals surface area contributed by atoms with Crippen LogP contribution in [-0.4, -0.2) is 30.5 Å². The smallest absolute Gasteiger partial charge is 0.262 e. The summed E-state index contributed by atoms with van der Waals surface area (Å²) >= 11 is 0. The fraction of sp³-hybridized carbons (Fsp3) is 0.429. The molecule has 0 saturated heterocycles. The molecule has 1 aromatic carbocycles. The Morgan fingerprint density at radius 3 is 2.68 bits per heavy atom. The summed E-state index contributed by atoms with van der Waals surface area (Å²) in [5.74, 6) is 0.481. The van der Waals surface area contributed by atoms with Gasteiger partial charge in [-0.2, -0.15) is 4.99 Å². The van der Waals surface area contributed by atoms with Gasteiger partial charge in [0.2, 0.25) is 5.96 Å². The molecule has 4 rings (SSSR count). The highest BCUT2D eigenvalue weighted by molar-refractivity contribution is 6.35. The van der Waals surface area contributed by atoms with Gasteiger partial charge >= 0.3 is 0 Å². The molecule has 1 fully saturated rings. The van der Waals surface area contributed by atoms with Crippen LogP contribution in [0.4, 0.5) is 0 Å². The molecule has 28 heavy (non-hydrogen) atoms. The van der Waals surface area contributed by atoms with E-state index in [1.165, 1.54) is 32.1 Å². The van der Waals surface area contributed by atoms with Gasteiger partial charge < -0.3 is 10.5 Å². The number of amides is 1. The Kier molecular flexibility index (Phi) is 4.85. The van der Waals surface area contributed by atoms with E-state index in [0.717, 1.165) is 17.9 Å². The van der Waals surface area contributed by atoms with Gasteiger partial charge in [0.05, 0.1) is 18.2 Å². The molecule has 1 aromatic rings. The maximum atomic E-state index is 12.2. The molecule has 0 spiro atoms. The minimum Gasteiger partial charge on any atom is -0.493 e. The second-order valence-electron chi connectivity index (χ2n) is 8.03. The monoisotopic (exact) mass is 379 g/mol. The maximum Gasteiger partial charge on any atom is 0.262 e.